The van der Waals surface area contributed by atoms with Gasteiger partial charge >= 0.3 is 0 Å². The van der Waals surface area contributed by atoms with E-state index in [2.05, 4.69) is 22.8 Å². The van der Waals surface area contributed by atoms with Crippen molar-refractivity contribution < 1.29 is 4.79 Å². The molecule has 4 rings (SSSR count). The van der Waals surface area contributed by atoms with Crippen LogP contribution in [0.4, 0.5) is 0 Å². The van der Waals surface area contributed by atoms with Crippen LogP contribution >= 0.6 is 11.8 Å². The molecule has 1 atom stereocenters. The van der Waals surface area contributed by atoms with E-state index >= 15 is 0 Å². The second-order valence-electron chi connectivity index (χ2n) is 6.21. The Balaban J connectivity index is 1.57. The van der Waals surface area contributed by atoms with E-state index in [-0.39, 0.29) is 11.3 Å². The SMILES string of the molecule is Cn1cccc1C1SCCN1C(=O)c1ccc(-c2ccccc2)cc1. The van der Waals surface area contributed by atoms with Gasteiger partial charge in [-0.1, -0.05) is 42.5 Å². The van der Waals surface area contributed by atoms with Crippen molar-refractivity contribution in [1.29, 1.82) is 0 Å². The van der Waals surface area contributed by atoms with Crippen molar-refractivity contribution in [2.75, 3.05) is 12.3 Å². The maximum atomic E-state index is 13.0. The molecule has 0 N–H and O–H groups in total. The van der Waals surface area contributed by atoms with Crippen LogP contribution < -0.4 is 0 Å². The number of carbonyl (C=O) groups is 1. The van der Waals surface area contributed by atoms with Crippen LogP contribution in [0.3, 0.4) is 0 Å². The predicted molar refractivity (Wildman–Crippen MR) is 104 cm³/mol. The topological polar surface area (TPSA) is 25.2 Å². The largest absolute Gasteiger partial charge is 0.352 e. The quantitative estimate of drug-likeness (QED) is 0.692. The standard InChI is InChI=1S/C21H20N2OS/c1-22-13-5-8-19(22)21-23(14-15-25-21)20(24)18-11-9-17(10-12-18)16-6-3-2-4-7-16/h2-13,21H,14-15H2,1H3. The van der Waals surface area contributed by atoms with Crippen molar-refractivity contribution in [3.05, 3.63) is 84.2 Å². The van der Waals surface area contributed by atoms with E-state index in [1.807, 2.05) is 78.4 Å². The first-order valence-electron chi connectivity index (χ1n) is 8.43. The molecule has 1 aliphatic heterocycles. The number of nitrogens with zero attached hydrogens (tertiary/aromatic N) is 2. The summed E-state index contributed by atoms with van der Waals surface area (Å²) in [5, 5.41) is 0.0984. The number of hydrogen-bond donors (Lipinski definition) is 0. The lowest BCUT2D eigenvalue weighted by molar-refractivity contribution is 0.0757. The fraction of sp³-hybridized carbons (Fsp3) is 0.190. The molecule has 1 unspecified atom stereocenters. The van der Waals surface area contributed by atoms with Crippen LogP contribution in [-0.2, 0) is 7.05 Å². The number of thioether (sulfide) groups is 1. The summed E-state index contributed by atoms with van der Waals surface area (Å²) in [6.07, 6.45) is 2.03. The van der Waals surface area contributed by atoms with E-state index in [1.165, 1.54) is 11.3 Å². The third-order valence-electron chi connectivity index (χ3n) is 4.63. The molecule has 0 radical (unpaired) electrons. The van der Waals surface area contributed by atoms with Crippen molar-refractivity contribution in [3.8, 4) is 11.1 Å². The zero-order valence-corrected chi connectivity index (χ0v) is 14.9. The Labute approximate surface area is 152 Å². The van der Waals surface area contributed by atoms with Gasteiger partial charge < -0.3 is 9.47 Å². The lowest BCUT2D eigenvalue weighted by Crippen LogP contribution is -2.31. The van der Waals surface area contributed by atoms with Gasteiger partial charge in [0.1, 0.15) is 5.37 Å². The summed E-state index contributed by atoms with van der Waals surface area (Å²) < 4.78 is 2.10. The second kappa shape index (κ2) is 6.81. The number of aryl methyl sites for hydroxylation is 1. The summed E-state index contributed by atoms with van der Waals surface area (Å²) in [5.74, 6) is 1.08. The summed E-state index contributed by atoms with van der Waals surface area (Å²) in [5.41, 5.74) is 4.23. The number of carbonyl (C=O) groups excluding carboxylic acids is 1. The smallest absolute Gasteiger partial charge is 0.255 e. The molecule has 1 aromatic heterocycles. The van der Waals surface area contributed by atoms with Gasteiger partial charge in [-0.05, 0) is 35.4 Å². The Morgan fingerprint density at radius 1 is 0.960 bits per heavy atom. The van der Waals surface area contributed by atoms with Gasteiger partial charge in [-0.3, -0.25) is 4.79 Å². The molecule has 2 heterocycles. The van der Waals surface area contributed by atoms with Crippen LogP contribution in [0.2, 0.25) is 0 Å². The fourth-order valence-electron chi connectivity index (χ4n) is 3.26. The van der Waals surface area contributed by atoms with Gasteiger partial charge in [0.2, 0.25) is 0 Å². The summed E-state index contributed by atoms with van der Waals surface area (Å²) >= 11 is 1.83. The van der Waals surface area contributed by atoms with Gasteiger partial charge in [-0.15, -0.1) is 11.8 Å². The minimum atomic E-state index is 0.0984. The predicted octanol–water partition coefficient (Wildman–Crippen LogP) is 4.58. The van der Waals surface area contributed by atoms with Crippen LogP contribution in [0, 0.1) is 0 Å². The van der Waals surface area contributed by atoms with Crippen LogP contribution in [-0.4, -0.2) is 27.7 Å². The number of aromatic nitrogens is 1. The molecular formula is C21H20N2OS. The average Bonchev–Trinajstić information content (AvgIpc) is 3.30. The molecule has 0 aliphatic carbocycles. The number of amides is 1. The highest BCUT2D eigenvalue weighted by atomic mass is 32.2. The van der Waals surface area contributed by atoms with Crippen LogP contribution in [0.25, 0.3) is 11.1 Å². The Hall–Kier alpha value is -2.46. The van der Waals surface area contributed by atoms with Gasteiger partial charge in [-0.2, -0.15) is 0 Å². The van der Waals surface area contributed by atoms with Crippen molar-refractivity contribution in [2.24, 2.45) is 7.05 Å². The molecule has 1 fully saturated rings. The molecule has 0 spiro atoms. The van der Waals surface area contributed by atoms with Gasteiger partial charge in [0.25, 0.3) is 5.91 Å². The molecule has 126 valence electrons. The van der Waals surface area contributed by atoms with Crippen molar-refractivity contribution in [2.45, 2.75) is 5.37 Å². The zero-order valence-electron chi connectivity index (χ0n) is 14.1. The maximum absolute atomic E-state index is 13.0. The normalized spacial score (nSPS) is 17.0. The van der Waals surface area contributed by atoms with Crippen molar-refractivity contribution >= 4 is 17.7 Å². The first kappa shape index (κ1) is 16.0. The monoisotopic (exact) mass is 348 g/mol. The molecule has 1 saturated heterocycles. The first-order valence-corrected chi connectivity index (χ1v) is 9.48. The maximum Gasteiger partial charge on any atom is 0.255 e. The van der Waals surface area contributed by atoms with Crippen molar-refractivity contribution in [3.63, 3.8) is 0 Å². The molecule has 4 heteroatoms. The lowest BCUT2D eigenvalue weighted by atomic mass is 10.0. The van der Waals surface area contributed by atoms with E-state index < -0.39 is 0 Å². The molecule has 25 heavy (non-hydrogen) atoms. The van der Waals surface area contributed by atoms with E-state index in [0.29, 0.717) is 0 Å². The second-order valence-corrected chi connectivity index (χ2v) is 7.40. The Morgan fingerprint density at radius 2 is 1.68 bits per heavy atom. The highest BCUT2D eigenvalue weighted by molar-refractivity contribution is 7.99. The van der Waals surface area contributed by atoms with E-state index in [9.17, 15) is 4.79 Å². The molecular weight excluding hydrogens is 328 g/mol. The zero-order chi connectivity index (χ0) is 17.2. The van der Waals surface area contributed by atoms with Gasteiger partial charge in [0.05, 0.1) is 5.69 Å². The van der Waals surface area contributed by atoms with E-state index in [4.69, 9.17) is 0 Å². The Kier molecular flexibility index (Phi) is 4.36. The van der Waals surface area contributed by atoms with E-state index in [0.717, 1.165) is 23.4 Å². The average molecular weight is 348 g/mol. The van der Waals surface area contributed by atoms with Crippen LogP contribution in [0.1, 0.15) is 21.4 Å². The third-order valence-corrected chi connectivity index (χ3v) is 5.86. The summed E-state index contributed by atoms with van der Waals surface area (Å²) in [6.45, 7) is 0.791. The summed E-state index contributed by atoms with van der Waals surface area (Å²) in [4.78, 5) is 15.0. The lowest BCUT2D eigenvalue weighted by Gasteiger charge is -2.24. The molecule has 1 amide bonds. The third kappa shape index (κ3) is 3.10. The molecule has 0 saturated carbocycles. The molecule has 0 bridgehead atoms. The highest BCUT2D eigenvalue weighted by Gasteiger charge is 2.32. The van der Waals surface area contributed by atoms with Crippen LogP contribution in [0.15, 0.2) is 72.9 Å². The molecule has 3 nitrogen and oxygen atoms in total. The Bertz CT molecular complexity index is 870. The summed E-state index contributed by atoms with van der Waals surface area (Å²) in [6, 6.07) is 22.3. The minimum absolute atomic E-state index is 0.0984. The van der Waals surface area contributed by atoms with Crippen molar-refractivity contribution in [1.82, 2.24) is 9.47 Å². The fourth-order valence-corrected chi connectivity index (χ4v) is 4.58. The molecule has 2 aromatic carbocycles. The Morgan fingerprint density at radius 3 is 2.36 bits per heavy atom. The number of rotatable bonds is 3. The first-order chi connectivity index (χ1) is 12.2. The highest BCUT2D eigenvalue weighted by Crippen LogP contribution is 2.38. The summed E-state index contributed by atoms with van der Waals surface area (Å²) in [7, 11) is 2.03. The van der Waals surface area contributed by atoms with E-state index in [1.54, 1.807) is 0 Å². The minimum Gasteiger partial charge on any atom is -0.352 e. The molecule has 3 aromatic rings. The van der Waals surface area contributed by atoms with Gasteiger partial charge in [-0.25, -0.2) is 0 Å². The van der Waals surface area contributed by atoms with Gasteiger partial charge in [0, 0.05) is 31.1 Å². The number of benzene rings is 2. The number of hydrogen-bond acceptors (Lipinski definition) is 2. The molecule has 1 aliphatic rings. The van der Waals surface area contributed by atoms with Gasteiger partial charge in [0.15, 0.2) is 0 Å². The van der Waals surface area contributed by atoms with Crippen LogP contribution in [0.5, 0.6) is 0 Å².